The smallest absolute Gasteiger partial charge is 0.326 e. The number of thioether (sulfide) groups is 1. The number of rotatable bonds is 18. The lowest BCUT2D eigenvalue weighted by molar-refractivity contribution is -0.142. The fourth-order valence-corrected chi connectivity index (χ4v) is 3.48. The Morgan fingerprint density at radius 1 is 0.771 bits per heavy atom. The molecule has 10 N–H and O–H groups in total. The quantitative estimate of drug-likeness (QED) is 0.108. The molecule has 200 valence electrons. The summed E-state index contributed by atoms with van der Waals surface area (Å²) in [6.45, 7) is 3.64. The van der Waals surface area contributed by atoms with E-state index in [1.807, 2.05) is 20.1 Å². The maximum atomic E-state index is 13.0. The normalized spacial score (nSPS) is 14.3. The molecule has 0 radical (unpaired) electrons. The van der Waals surface area contributed by atoms with Crippen LogP contribution in [0.4, 0.5) is 0 Å². The molecule has 14 heteroatoms. The van der Waals surface area contributed by atoms with Crippen LogP contribution in [0.2, 0.25) is 0 Å². The topological polar surface area (TPSA) is 237 Å². The Morgan fingerprint density at radius 2 is 1.26 bits per heavy atom. The SMILES string of the molecule is CSCCC(NC(=O)C(CC(C)C)NC(=O)C(CCC(N)=O)NC(=O)C(N)CCC(N)=O)C(=O)O. The Morgan fingerprint density at radius 3 is 1.74 bits per heavy atom. The summed E-state index contributed by atoms with van der Waals surface area (Å²) < 4.78 is 0. The van der Waals surface area contributed by atoms with E-state index < -0.39 is 59.7 Å². The number of primary amides is 2. The highest BCUT2D eigenvalue weighted by Crippen LogP contribution is 2.09. The van der Waals surface area contributed by atoms with Gasteiger partial charge in [0.1, 0.15) is 18.1 Å². The minimum Gasteiger partial charge on any atom is -0.480 e. The molecule has 4 atom stereocenters. The van der Waals surface area contributed by atoms with E-state index in [1.54, 1.807) is 0 Å². The van der Waals surface area contributed by atoms with Gasteiger partial charge in [-0.25, -0.2) is 4.79 Å². The maximum absolute atomic E-state index is 13.0. The van der Waals surface area contributed by atoms with Gasteiger partial charge < -0.3 is 38.3 Å². The van der Waals surface area contributed by atoms with Gasteiger partial charge in [0.2, 0.25) is 29.5 Å². The van der Waals surface area contributed by atoms with Crippen LogP contribution in [0.5, 0.6) is 0 Å². The minimum atomic E-state index is -1.25. The maximum Gasteiger partial charge on any atom is 0.326 e. The zero-order valence-corrected chi connectivity index (χ0v) is 21.2. The average Bonchev–Trinajstić information content (AvgIpc) is 2.75. The van der Waals surface area contributed by atoms with Crippen LogP contribution >= 0.6 is 11.8 Å². The molecule has 4 unspecified atom stereocenters. The van der Waals surface area contributed by atoms with E-state index >= 15 is 0 Å². The van der Waals surface area contributed by atoms with Gasteiger partial charge in [-0.05, 0) is 43.6 Å². The number of carboxylic acids is 1. The van der Waals surface area contributed by atoms with Gasteiger partial charge in [-0.2, -0.15) is 11.8 Å². The van der Waals surface area contributed by atoms with Crippen molar-refractivity contribution < 1.29 is 33.9 Å². The molecule has 0 saturated heterocycles. The molecular weight excluding hydrogens is 480 g/mol. The molecule has 0 fully saturated rings. The van der Waals surface area contributed by atoms with Crippen molar-refractivity contribution in [2.45, 2.75) is 76.5 Å². The number of aliphatic carboxylic acids is 1. The Bertz CT molecular complexity index is 764. The van der Waals surface area contributed by atoms with Crippen molar-refractivity contribution in [3.05, 3.63) is 0 Å². The highest BCUT2D eigenvalue weighted by atomic mass is 32.2. The molecule has 0 aliphatic carbocycles. The van der Waals surface area contributed by atoms with Crippen LogP contribution in [0.25, 0.3) is 0 Å². The number of hydrogen-bond acceptors (Lipinski definition) is 8. The first-order chi connectivity index (χ1) is 16.3. The number of hydrogen-bond donors (Lipinski definition) is 7. The van der Waals surface area contributed by atoms with Crippen LogP contribution in [0, 0.1) is 5.92 Å². The molecule has 35 heavy (non-hydrogen) atoms. The monoisotopic (exact) mass is 518 g/mol. The molecular formula is C21H38N6O7S. The summed E-state index contributed by atoms with van der Waals surface area (Å²) in [5.41, 5.74) is 16.0. The van der Waals surface area contributed by atoms with Crippen molar-refractivity contribution in [3.63, 3.8) is 0 Å². The van der Waals surface area contributed by atoms with Gasteiger partial charge in [0.15, 0.2) is 0 Å². The van der Waals surface area contributed by atoms with Crippen LogP contribution in [0.1, 0.15) is 52.4 Å². The van der Waals surface area contributed by atoms with Crippen LogP contribution < -0.4 is 33.2 Å². The second-order valence-corrected chi connectivity index (χ2v) is 9.53. The van der Waals surface area contributed by atoms with E-state index in [2.05, 4.69) is 16.0 Å². The lowest BCUT2D eigenvalue weighted by Gasteiger charge is -2.26. The minimum absolute atomic E-state index is 0.0404. The van der Waals surface area contributed by atoms with Crippen molar-refractivity contribution in [2.24, 2.45) is 23.1 Å². The first kappa shape index (κ1) is 32.1. The molecule has 0 aromatic rings. The van der Waals surface area contributed by atoms with Crippen molar-refractivity contribution >= 4 is 47.3 Å². The van der Waals surface area contributed by atoms with Crippen LogP contribution in [-0.2, 0) is 28.8 Å². The standard InChI is InChI=1S/C21H38N6O7S/c1-11(2)10-15(20(32)26-14(21(33)34)8-9-35-3)27-19(31)13(5-7-17(24)29)25-18(30)12(22)4-6-16(23)28/h11-15H,4-10,22H2,1-3H3,(H2,23,28)(H2,24,29)(H,25,30)(H,26,32)(H,27,31)(H,33,34). The van der Waals surface area contributed by atoms with Gasteiger partial charge in [0.25, 0.3) is 0 Å². The van der Waals surface area contributed by atoms with Gasteiger partial charge in [-0.1, -0.05) is 13.8 Å². The number of amides is 5. The fraction of sp³-hybridized carbons (Fsp3) is 0.714. The third-order valence-electron chi connectivity index (χ3n) is 4.92. The number of carbonyl (C=O) groups excluding carboxylic acids is 5. The fourth-order valence-electron chi connectivity index (χ4n) is 3.00. The van der Waals surface area contributed by atoms with Crippen LogP contribution in [0.3, 0.4) is 0 Å². The predicted octanol–water partition coefficient (Wildman–Crippen LogP) is -1.82. The molecule has 0 bridgehead atoms. The van der Waals surface area contributed by atoms with E-state index in [9.17, 15) is 33.9 Å². The number of nitrogens with two attached hydrogens (primary N) is 3. The zero-order chi connectivity index (χ0) is 27.1. The molecule has 0 heterocycles. The van der Waals surface area contributed by atoms with Gasteiger partial charge in [-0.15, -0.1) is 0 Å². The van der Waals surface area contributed by atoms with Gasteiger partial charge in [0, 0.05) is 12.8 Å². The largest absolute Gasteiger partial charge is 0.480 e. The molecule has 0 rings (SSSR count). The zero-order valence-electron chi connectivity index (χ0n) is 20.4. The molecule has 13 nitrogen and oxygen atoms in total. The molecule has 0 spiro atoms. The lowest BCUT2D eigenvalue weighted by Crippen LogP contribution is -2.57. The first-order valence-corrected chi connectivity index (χ1v) is 12.6. The lowest BCUT2D eigenvalue weighted by atomic mass is 10.0. The summed E-state index contributed by atoms with van der Waals surface area (Å²) >= 11 is 1.43. The Hall–Kier alpha value is -2.87. The second-order valence-electron chi connectivity index (χ2n) is 8.55. The van der Waals surface area contributed by atoms with E-state index in [1.165, 1.54) is 11.8 Å². The summed E-state index contributed by atoms with van der Waals surface area (Å²) in [6.07, 6.45) is 1.64. The summed E-state index contributed by atoms with van der Waals surface area (Å²) in [5, 5.41) is 16.8. The van der Waals surface area contributed by atoms with Crippen LogP contribution in [-0.4, -0.2) is 76.8 Å². The molecule has 0 aliphatic heterocycles. The van der Waals surface area contributed by atoms with Crippen molar-refractivity contribution in [1.82, 2.24) is 16.0 Å². The molecule has 0 aromatic carbocycles. The van der Waals surface area contributed by atoms with Gasteiger partial charge >= 0.3 is 5.97 Å². The first-order valence-electron chi connectivity index (χ1n) is 11.2. The summed E-state index contributed by atoms with van der Waals surface area (Å²) in [6, 6.07) is -4.59. The Labute approximate surface area is 209 Å². The number of nitrogens with one attached hydrogen (secondary N) is 3. The molecule has 5 amide bonds. The van der Waals surface area contributed by atoms with E-state index in [4.69, 9.17) is 17.2 Å². The number of carbonyl (C=O) groups is 6. The Balaban J connectivity index is 5.51. The third kappa shape index (κ3) is 14.2. The van der Waals surface area contributed by atoms with Gasteiger partial charge in [0.05, 0.1) is 6.04 Å². The average molecular weight is 519 g/mol. The van der Waals surface area contributed by atoms with Crippen molar-refractivity contribution in [2.75, 3.05) is 12.0 Å². The highest BCUT2D eigenvalue weighted by Gasteiger charge is 2.30. The van der Waals surface area contributed by atoms with Gasteiger partial charge in [-0.3, -0.25) is 24.0 Å². The van der Waals surface area contributed by atoms with E-state index in [0.29, 0.717) is 5.75 Å². The van der Waals surface area contributed by atoms with E-state index in [-0.39, 0.29) is 44.4 Å². The third-order valence-corrected chi connectivity index (χ3v) is 5.56. The Kier molecular flexibility index (Phi) is 15.3. The molecule has 0 saturated carbocycles. The van der Waals surface area contributed by atoms with Crippen molar-refractivity contribution in [1.29, 1.82) is 0 Å². The summed E-state index contributed by atoms with van der Waals surface area (Å²) in [4.78, 5) is 71.9. The summed E-state index contributed by atoms with van der Waals surface area (Å²) in [5.74, 6) is -4.27. The highest BCUT2D eigenvalue weighted by molar-refractivity contribution is 7.98. The summed E-state index contributed by atoms with van der Waals surface area (Å²) in [7, 11) is 0. The predicted molar refractivity (Wildman–Crippen MR) is 131 cm³/mol. The molecule has 0 aromatic heterocycles. The van der Waals surface area contributed by atoms with Crippen molar-refractivity contribution in [3.8, 4) is 0 Å². The van der Waals surface area contributed by atoms with Crippen LogP contribution in [0.15, 0.2) is 0 Å². The second kappa shape index (κ2) is 16.7. The van der Waals surface area contributed by atoms with E-state index in [0.717, 1.165) is 0 Å². The number of carboxylic acid groups (broad SMARTS) is 1. The molecule has 0 aliphatic rings.